The van der Waals surface area contributed by atoms with Crippen LogP contribution < -0.4 is 11.1 Å². The lowest BCUT2D eigenvalue weighted by Crippen LogP contribution is -2.44. The fourth-order valence-electron chi connectivity index (χ4n) is 2.17. The molecule has 0 heterocycles. The number of halogens is 2. The van der Waals surface area contributed by atoms with E-state index < -0.39 is 11.9 Å². The minimum atomic E-state index is -0.708. The topological polar surface area (TPSA) is 72.2 Å². The standard InChI is InChI=1S/C17H16Br2N2O2/c18-13-8-12(9-14(19)10-13)17(23)21-15(16(20)22)7-6-11-4-2-1-3-5-11/h1-5,8-10,15H,6-7H2,(H2,20,22)(H,21,23)/t15-/m1/s1. The van der Waals surface area contributed by atoms with Gasteiger partial charge in [-0.1, -0.05) is 62.2 Å². The molecule has 2 amide bonds. The third kappa shape index (κ3) is 5.48. The van der Waals surface area contributed by atoms with Gasteiger partial charge < -0.3 is 11.1 Å². The molecule has 120 valence electrons. The van der Waals surface area contributed by atoms with Crippen LogP contribution in [0.15, 0.2) is 57.5 Å². The summed E-state index contributed by atoms with van der Waals surface area (Å²) in [6, 6.07) is 14.3. The van der Waals surface area contributed by atoms with Crippen molar-refractivity contribution in [2.24, 2.45) is 5.73 Å². The monoisotopic (exact) mass is 438 g/mol. The Morgan fingerprint density at radius 1 is 1.04 bits per heavy atom. The third-order valence-electron chi connectivity index (χ3n) is 3.34. The average Bonchev–Trinajstić information content (AvgIpc) is 2.51. The lowest BCUT2D eigenvalue weighted by atomic mass is 10.0. The smallest absolute Gasteiger partial charge is 0.252 e. The van der Waals surface area contributed by atoms with Crippen molar-refractivity contribution in [2.45, 2.75) is 18.9 Å². The Hall–Kier alpha value is -1.66. The Labute approximate surface area is 151 Å². The minimum Gasteiger partial charge on any atom is -0.368 e. The summed E-state index contributed by atoms with van der Waals surface area (Å²) in [6.07, 6.45) is 1.12. The number of carbonyl (C=O) groups is 2. The van der Waals surface area contributed by atoms with Crippen LogP contribution >= 0.6 is 31.9 Å². The van der Waals surface area contributed by atoms with Crippen molar-refractivity contribution in [3.8, 4) is 0 Å². The molecule has 4 nitrogen and oxygen atoms in total. The maximum atomic E-state index is 12.3. The number of hydrogen-bond acceptors (Lipinski definition) is 2. The molecular formula is C17H16Br2N2O2. The molecule has 1 atom stereocenters. The molecule has 0 unspecified atom stereocenters. The fraction of sp³-hybridized carbons (Fsp3) is 0.176. The van der Waals surface area contributed by atoms with Gasteiger partial charge in [0.2, 0.25) is 5.91 Å². The van der Waals surface area contributed by atoms with E-state index in [0.29, 0.717) is 18.4 Å². The number of aryl methyl sites for hydroxylation is 1. The van der Waals surface area contributed by atoms with Gasteiger partial charge >= 0.3 is 0 Å². The minimum absolute atomic E-state index is 0.330. The Morgan fingerprint density at radius 2 is 1.65 bits per heavy atom. The van der Waals surface area contributed by atoms with Crippen molar-refractivity contribution in [3.63, 3.8) is 0 Å². The molecule has 2 aromatic carbocycles. The maximum Gasteiger partial charge on any atom is 0.252 e. The molecule has 0 radical (unpaired) electrons. The van der Waals surface area contributed by atoms with Crippen LogP contribution in [-0.2, 0) is 11.2 Å². The van der Waals surface area contributed by atoms with Gasteiger partial charge in [0.15, 0.2) is 0 Å². The average molecular weight is 440 g/mol. The summed E-state index contributed by atoms with van der Waals surface area (Å²) in [5.41, 5.74) is 6.97. The molecule has 3 N–H and O–H groups in total. The van der Waals surface area contributed by atoms with Crippen molar-refractivity contribution in [1.82, 2.24) is 5.32 Å². The van der Waals surface area contributed by atoms with Gasteiger partial charge in [-0.2, -0.15) is 0 Å². The molecule has 6 heteroatoms. The first kappa shape index (κ1) is 17.7. The van der Waals surface area contributed by atoms with E-state index in [-0.39, 0.29) is 5.91 Å². The maximum absolute atomic E-state index is 12.3. The first-order chi connectivity index (χ1) is 11.0. The third-order valence-corrected chi connectivity index (χ3v) is 4.25. The van der Waals surface area contributed by atoms with Gasteiger partial charge in [-0.25, -0.2) is 0 Å². The van der Waals surface area contributed by atoms with Crippen LogP contribution in [0, 0.1) is 0 Å². The first-order valence-corrected chi connectivity index (χ1v) is 8.64. The van der Waals surface area contributed by atoms with Crippen LogP contribution in [0.3, 0.4) is 0 Å². The van der Waals surface area contributed by atoms with Crippen molar-refractivity contribution in [1.29, 1.82) is 0 Å². The Kier molecular flexibility index (Phi) is 6.36. The summed E-state index contributed by atoms with van der Waals surface area (Å²) in [6.45, 7) is 0. The largest absolute Gasteiger partial charge is 0.368 e. The Morgan fingerprint density at radius 3 is 2.22 bits per heavy atom. The van der Waals surface area contributed by atoms with Crippen molar-refractivity contribution >= 4 is 43.7 Å². The zero-order valence-corrected chi connectivity index (χ0v) is 15.4. The predicted octanol–water partition coefficient (Wildman–Crippen LogP) is 3.43. The Bertz CT molecular complexity index is 685. The highest BCUT2D eigenvalue weighted by atomic mass is 79.9. The van der Waals surface area contributed by atoms with Gasteiger partial charge in [0.25, 0.3) is 5.91 Å². The number of amides is 2. The summed E-state index contributed by atoms with van der Waals surface area (Å²) >= 11 is 6.67. The molecule has 23 heavy (non-hydrogen) atoms. The van der Waals surface area contributed by atoms with E-state index in [9.17, 15) is 9.59 Å². The van der Waals surface area contributed by atoms with Gasteiger partial charge in [-0.3, -0.25) is 9.59 Å². The van der Waals surface area contributed by atoms with Crippen molar-refractivity contribution in [3.05, 3.63) is 68.6 Å². The molecule has 0 spiro atoms. The van der Waals surface area contributed by atoms with E-state index in [2.05, 4.69) is 37.2 Å². The summed E-state index contributed by atoms with van der Waals surface area (Å²) in [5, 5.41) is 2.70. The summed E-state index contributed by atoms with van der Waals surface area (Å²) in [7, 11) is 0. The van der Waals surface area contributed by atoms with E-state index in [1.165, 1.54) is 0 Å². The predicted molar refractivity (Wildman–Crippen MR) is 97.1 cm³/mol. The molecule has 0 aromatic heterocycles. The fourth-order valence-corrected chi connectivity index (χ4v) is 3.46. The number of hydrogen-bond donors (Lipinski definition) is 2. The second-order valence-corrected chi connectivity index (χ2v) is 6.94. The van der Waals surface area contributed by atoms with Gasteiger partial charge in [-0.05, 0) is 36.6 Å². The van der Waals surface area contributed by atoms with Crippen LogP contribution in [0.5, 0.6) is 0 Å². The number of nitrogens with two attached hydrogens (primary N) is 1. The van der Waals surface area contributed by atoms with E-state index in [1.807, 2.05) is 36.4 Å². The summed E-state index contributed by atoms with van der Waals surface area (Å²) in [5.74, 6) is -0.868. The zero-order chi connectivity index (χ0) is 16.8. The molecule has 2 rings (SSSR count). The Balaban J connectivity index is 2.04. The summed E-state index contributed by atoms with van der Waals surface area (Å²) < 4.78 is 1.55. The SMILES string of the molecule is NC(=O)[C@@H](CCc1ccccc1)NC(=O)c1cc(Br)cc(Br)c1. The van der Waals surface area contributed by atoms with Crippen LogP contribution in [0.4, 0.5) is 0 Å². The van der Waals surface area contributed by atoms with Gasteiger partial charge in [-0.15, -0.1) is 0 Å². The molecule has 0 aliphatic carbocycles. The molecule has 2 aromatic rings. The number of carbonyl (C=O) groups excluding carboxylic acids is 2. The highest BCUT2D eigenvalue weighted by Gasteiger charge is 2.19. The van der Waals surface area contributed by atoms with E-state index >= 15 is 0 Å². The van der Waals surface area contributed by atoms with Gasteiger partial charge in [0.1, 0.15) is 6.04 Å². The van der Waals surface area contributed by atoms with E-state index in [4.69, 9.17) is 5.73 Å². The van der Waals surface area contributed by atoms with Crippen LogP contribution in [-0.4, -0.2) is 17.9 Å². The molecule has 0 fully saturated rings. The van der Waals surface area contributed by atoms with Crippen LogP contribution in [0.25, 0.3) is 0 Å². The number of rotatable bonds is 6. The molecule has 0 bridgehead atoms. The lowest BCUT2D eigenvalue weighted by molar-refractivity contribution is -0.120. The van der Waals surface area contributed by atoms with Crippen molar-refractivity contribution in [2.75, 3.05) is 0 Å². The molecule has 0 aliphatic rings. The number of benzene rings is 2. The van der Waals surface area contributed by atoms with Crippen LogP contribution in [0.2, 0.25) is 0 Å². The first-order valence-electron chi connectivity index (χ1n) is 7.06. The van der Waals surface area contributed by atoms with Gasteiger partial charge in [0.05, 0.1) is 0 Å². The quantitative estimate of drug-likeness (QED) is 0.723. The van der Waals surface area contributed by atoms with Crippen LogP contribution in [0.1, 0.15) is 22.3 Å². The second-order valence-electron chi connectivity index (χ2n) is 5.11. The normalized spacial score (nSPS) is 11.7. The molecule has 0 aliphatic heterocycles. The number of primary amides is 1. The van der Waals surface area contributed by atoms with E-state index in [1.54, 1.807) is 12.1 Å². The molecule has 0 saturated carbocycles. The van der Waals surface area contributed by atoms with E-state index in [0.717, 1.165) is 14.5 Å². The number of nitrogens with one attached hydrogen (secondary N) is 1. The van der Waals surface area contributed by atoms with Gasteiger partial charge in [0, 0.05) is 14.5 Å². The molecule has 0 saturated heterocycles. The molecular weight excluding hydrogens is 424 g/mol. The highest BCUT2D eigenvalue weighted by molar-refractivity contribution is 9.11. The zero-order valence-electron chi connectivity index (χ0n) is 12.3. The van der Waals surface area contributed by atoms with Crippen molar-refractivity contribution < 1.29 is 9.59 Å². The highest BCUT2D eigenvalue weighted by Crippen LogP contribution is 2.20. The lowest BCUT2D eigenvalue weighted by Gasteiger charge is -2.16. The summed E-state index contributed by atoms with van der Waals surface area (Å²) in [4.78, 5) is 23.9. The second kappa shape index (κ2) is 8.26.